The van der Waals surface area contributed by atoms with Crippen LogP contribution in [0, 0.1) is 5.92 Å². The number of aliphatic imine (C=N–C) groups is 1. The number of carbonyl (C=O) groups excluding carboxylic acids is 1. The Morgan fingerprint density at radius 3 is 2.47 bits per heavy atom. The fourth-order valence-corrected chi connectivity index (χ4v) is 4.04. The summed E-state index contributed by atoms with van der Waals surface area (Å²) in [5.41, 5.74) is 1.10. The van der Waals surface area contributed by atoms with Crippen LogP contribution in [0.3, 0.4) is 0 Å². The van der Waals surface area contributed by atoms with Gasteiger partial charge in [0.2, 0.25) is 0 Å². The molecule has 0 bridgehead atoms. The van der Waals surface area contributed by atoms with Gasteiger partial charge in [-0.2, -0.15) is 0 Å². The number of anilines is 1. The number of amides is 1. The predicted molar refractivity (Wildman–Crippen MR) is 140 cm³/mol. The van der Waals surface area contributed by atoms with E-state index in [0.29, 0.717) is 32.3 Å². The van der Waals surface area contributed by atoms with E-state index >= 15 is 0 Å². The lowest BCUT2D eigenvalue weighted by Crippen LogP contribution is -2.49. The normalized spacial score (nSPS) is 18.2. The number of carbonyl (C=O) groups is 1. The molecule has 0 radical (unpaired) electrons. The van der Waals surface area contributed by atoms with Gasteiger partial charge in [-0.1, -0.05) is 13.0 Å². The van der Waals surface area contributed by atoms with Gasteiger partial charge in [-0.05, 0) is 57.1 Å². The van der Waals surface area contributed by atoms with Crippen LogP contribution in [-0.2, 0) is 11.3 Å². The van der Waals surface area contributed by atoms with Crippen LogP contribution in [0.2, 0.25) is 0 Å². The number of likely N-dealkylation sites (tertiary alicyclic amines) is 1. The van der Waals surface area contributed by atoms with Crippen LogP contribution < -0.4 is 15.5 Å². The average molecular weight is 559 g/mol. The largest absolute Gasteiger partial charge is 0.450 e. The third-order valence-corrected chi connectivity index (χ3v) is 6.04. The van der Waals surface area contributed by atoms with Crippen molar-refractivity contribution in [3.8, 4) is 0 Å². The zero-order chi connectivity index (χ0) is 22.1. The van der Waals surface area contributed by atoms with Crippen LogP contribution >= 0.6 is 24.0 Å². The lowest BCUT2D eigenvalue weighted by molar-refractivity contribution is 0.0963. The molecule has 0 saturated carbocycles. The van der Waals surface area contributed by atoms with Crippen LogP contribution in [-0.4, -0.2) is 67.3 Å². The lowest BCUT2D eigenvalue weighted by atomic mass is 9.99. The van der Waals surface area contributed by atoms with Gasteiger partial charge in [-0.25, -0.2) is 14.8 Å². The van der Waals surface area contributed by atoms with Crippen LogP contribution in [0.15, 0.2) is 23.3 Å². The molecule has 8 nitrogen and oxygen atoms in total. The summed E-state index contributed by atoms with van der Waals surface area (Å²) in [7, 11) is 0. The summed E-state index contributed by atoms with van der Waals surface area (Å²) in [6.07, 6.45) is 5.98. The molecule has 1 aromatic rings. The molecule has 0 unspecified atom stereocenters. The van der Waals surface area contributed by atoms with Gasteiger partial charge in [0, 0.05) is 45.0 Å². The minimum absolute atomic E-state index is 0. The van der Waals surface area contributed by atoms with Crippen molar-refractivity contribution in [2.24, 2.45) is 10.9 Å². The van der Waals surface area contributed by atoms with Crippen molar-refractivity contribution < 1.29 is 9.53 Å². The first-order valence-electron chi connectivity index (χ1n) is 11.8. The first kappa shape index (κ1) is 26.5. The van der Waals surface area contributed by atoms with Gasteiger partial charge in [0.15, 0.2) is 5.96 Å². The standard InChI is InChI=1S/C23H38N6O2.HI/c1-4-24-22(27-20-10-14-29(15-11-20)23(30)31-5-2)26-17-19-6-7-21(25-16-19)28-12-8-18(3)9-13-28;/h6-7,16,18,20H,4-5,8-15,17H2,1-3H3,(H2,24,26,27);1H. The number of hydrogen-bond acceptors (Lipinski definition) is 5. The molecule has 9 heteroatoms. The van der Waals surface area contributed by atoms with Gasteiger partial charge in [0.05, 0.1) is 13.2 Å². The molecule has 3 rings (SSSR count). The highest BCUT2D eigenvalue weighted by Crippen LogP contribution is 2.21. The smallest absolute Gasteiger partial charge is 0.409 e. The Morgan fingerprint density at radius 2 is 1.88 bits per heavy atom. The summed E-state index contributed by atoms with van der Waals surface area (Å²) in [4.78, 5) is 25.4. The lowest BCUT2D eigenvalue weighted by Gasteiger charge is -2.32. The van der Waals surface area contributed by atoms with E-state index in [2.05, 4.69) is 46.5 Å². The molecule has 2 saturated heterocycles. The van der Waals surface area contributed by atoms with Crippen LogP contribution in [0.1, 0.15) is 52.0 Å². The third kappa shape index (κ3) is 7.97. The van der Waals surface area contributed by atoms with Gasteiger partial charge in [0.1, 0.15) is 5.82 Å². The molecule has 2 aliphatic rings. The van der Waals surface area contributed by atoms with Gasteiger partial charge in [-0.3, -0.25) is 0 Å². The highest BCUT2D eigenvalue weighted by molar-refractivity contribution is 14.0. The average Bonchev–Trinajstić information content (AvgIpc) is 2.79. The molecule has 0 aromatic carbocycles. The molecule has 32 heavy (non-hydrogen) atoms. The molecule has 180 valence electrons. The van der Waals surface area contributed by atoms with E-state index in [1.807, 2.05) is 13.1 Å². The van der Waals surface area contributed by atoms with E-state index in [-0.39, 0.29) is 30.1 Å². The van der Waals surface area contributed by atoms with E-state index in [4.69, 9.17) is 9.73 Å². The molecular formula is C23H39IN6O2. The van der Waals surface area contributed by atoms with Crippen LogP contribution in [0.4, 0.5) is 10.6 Å². The van der Waals surface area contributed by atoms with Crippen molar-refractivity contribution >= 4 is 41.8 Å². The predicted octanol–water partition coefficient (Wildman–Crippen LogP) is 3.61. The second-order valence-electron chi connectivity index (χ2n) is 8.49. The van der Waals surface area contributed by atoms with E-state index in [9.17, 15) is 4.79 Å². The molecule has 1 amide bonds. The number of hydrogen-bond donors (Lipinski definition) is 2. The summed E-state index contributed by atoms with van der Waals surface area (Å²) in [5.74, 6) is 2.70. The topological polar surface area (TPSA) is 82.1 Å². The fourth-order valence-electron chi connectivity index (χ4n) is 4.04. The third-order valence-electron chi connectivity index (χ3n) is 6.04. The van der Waals surface area contributed by atoms with Crippen molar-refractivity contribution in [3.63, 3.8) is 0 Å². The van der Waals surface area contributed by atoms with Gasteiger partial charge in [0.25, 0.3) is 0 Å². The first-order valence-corrected chi connectivity index (χ1v) is 11.8. The summed E-state index contributed by atoms with van der Waals surface area (Å²) < 4.78 is 5.10. The Balaban J connectivity index is 0.00000363. The van der Waals surface area contributed by atoms with Crippen molar-refractivity contribution in [1.29, 1.82) is 0 Å². The molecule has 2 fully saturated rings. The maximum atomic E-state index is 11.9. The number of guanidine groups is 1. The molecule has 0 atom stereocenters. The van der Waals surface area contributed by atoms with Crippen molar-refractivity contribution in [2.75, 3.05) is 44.2 Å². The number of halogens is 1. The Morgan fingerprint density at radius 1 is 1.16 bits per heavy atom. The quantitative estimate of drug-likeness (QED) is 0.316. The first-order chi connectivity index (χ1) is 15.1. The molecule has 2 N–H and O–H groups in total. The van der Waals surface area contributed by atoms with Crippen molar-refractivity contribution in [3.05, 3.63) is 23.9 Å². The van der Waals surface area contributed by atoms with Gasteiger partial charge in [-0.15, -0.1) is 24.0 Å². The van der Waals surface area contributed by atoms with Gasteiger partial charge >= 0.3 is 6.09 Å². The SMILES string of the molecule is CCNC(=NCc1ccc(N2CCC(C)CC2)nc1)NC1CCN(C(=O)OCC)CC1.I. The number of rotatable bonds is 6. The van der Waals surface area contributed by atoms with Crippen molar-refractivity contribution in [1.82, 2.24) is 20.5 Å². The summed E-state index contributed by atoms with van der Waals surface area (Å²) in [6, 6.07) is 4.54. The Labute approximate surface area is 209 Å². The zero-order valence-electron chi connectivity index (χ0n) is 19.7. The maximum Gasteiger partial charge on any atom is 0.409 e. The molecular weight excluding hydrogens is 519 g/mol. The number of aromatic nitrogens is 1. The van der Waals surface area contributed by atoms with Crippen LogP contribution in [0.25, 0.3) is 0 Å². The molecule has 3 heterocycles. The minimum atomic E-state index is -0.212. The molecule has 1 aromatic heterocycles. The fraction of sp³-hybridized carbons (Fsp3) is 0.696. The molecule has 0 aliphatic carbocycles. The minimum Gasteiger partial charge on any atom is -0.450 e. The van der Waals surface area contributed by atoms with Crippen molar-refractivity contribution in [2.45, 2.75) is 59.0 Å². The maximum absolute atomic E-state index is 11.9. The number of nitrogens with one attached hydrogen (secondary N) is 2. The molecule has 0 spiro atoms. The van der Waals surface area contributed by atoms with Crippen LogP contribution in [0.5, 0.6) is 0 Å². The number of ether oxygens (including phenoxy) is 1. The Hall–Kier alpha value is -1.78. The monoisotopic (exact) mass is 558 g/mol. The summed E-state index contributed by atoms with van der Waals surface area (Å²) in [5, 5.41) is 6.84. The Kier molecular flexibility index (Phi) is 11.3. The molecule has 2 aliphatic heterocycles. The number of nitrogens with zero attached hydrogens (tertiary/aromatic N) is 4. The number of piperidine rings is 2. The van der Waals surface area contributed by atoms with E-state index in [1.165, 1.54) is 12.8 Å². The van der Waals surface area contributed by atoms with E-state index in [1.54, 1.807) is 4.90 Å². The summed E-state index contributed by atoms with van der Waals surface area (Å²) in [6.45, 7) is 11.6. The van der Waals surface area contributed by atoms with E-state index < -0.39 is 0 Å². The Bertz CT molecular complexity index is 714. The number of pyridine rings is 1. The highest BCUT2D eigenvalue weighted by atomic mass is 127. The second kappa shape index (κ2) is 13.7. The van der Waals surface area contributed by atoms with Gasteiger partial charge < -0.3 is 25.2 Å². The zero-order valence-corrected chi connectivity index (χ0v) is 22.0. The highest BCUT2D eigenvalue weighted by Gasteiger charge is 2.24. The summed E-state index contributed by atoms with van der Waals surface area (Å²) >= 11 is 0. The second-order valence-corrected chi connectivity index (χ2v) is 8.49. The van der Waals surface area contributed by atoms with E-state index in [0.717, 1.165) is 55.7 Å².